The number of rotatable bonds is 5. The molecule has 0 saturated heterocycles. The van der Waals surface area contributed by atoms with Gasteiger partial charge in [0.25, 0.3) is 5.91 Å². The molecule has 5 heteroatoms. The fraction of sp³-hybridized carbons (Fsp3) is 0.455. The summed E-state index contributed by atoms with van der Waals surface area (Å²) in [5, 5.41) is 13.0. The second-order valence-corrected chi connectivity index (χ2v) is 3.56. The van der Waals surface area contributed by atoms with Crippen LogP contribution >= 0.6 is 0 Å². The van der Waals surface area contributed by atoms with Crippen LogP contribution in [0.25, 0.3) is 0 Å². The fourth-order valence-electron chi connectivity index (χ4n) is 1.53. The topological polar surface area (TPSA) is 58.4 Å². The molecular formula is C11H17N3O2. The van der Waals surface area contributed by atoms with Gasteiger partial charge in [-0.3, -0.25) is 9.48 Å². The summed E-state index contributed by atoms with van der Waals surface area (Å²) in [4.78, 5) is 13.6. The molecule has 1 rings (SSSR count). The zero-order valence-electron chi connectivity index (χ0n) is 9.68. The van der Waals surface area contributed by atoms with Crippen molar-refractivity contribution in [3.05, 3.63) is 30.1 Å². The predicted octanol–water partition coefficient (Wildman–Crippen LogP) is 0.349. The van der Waals surface area contributed by atoms with Crippen molar-refractivity contribution in [2.45, 2.75) is 6.92 Å². The van der Waals surface area contributed by atoms with Crippen LogP contribution < -0.4 is 0 Å². The lowest BCUT2D eigenvalue weighted by molar-refractivity contribution is 0.0732. The third kappa shape index (κ3) is 2.70. The molecule has 0 saturated carbocycles. The summed E-state index contributed by atoms with van der Waals surface area (Å²) in [6, 6.07) is 1.73. The highest BCUT2D eigenvalue weighted by Gasteiger charge is 2.17. The minimum Gasteiger partial charge on any atom is -0.395 e. The van der Waals surface area contributed by atoms with Gasteiger partial charge in [0.1, 0.15) is 5.69 Å². The molecule has 0 unspecified atom stereocenters. The average molecular weight is 223 g/mol. The van der Waals surface area contributed by atoms with E-state index < -0.39 is 0 Å². The first kappa shape index (κ1) is 12.4. The molecule has 0 aliphatic heterocycles. The lowest BCUT2D eigenvalue weighted by Gasteiger charge is -2.19. The van der Waals surface area contributed by atoms with Gasteiger partial charge < -0.3 is 10.0 Å². The summed E-state index contributed by atoms with van der Waals surface area (Å²) in [6.45, 7) is 6.08. The number of amides is 1. The monoisotopic (exact) mass is 223 g/mol. The van der Waals surface area contributed by atoms with Crippen LogP contribution in [-0.2, 0) is 7.05 Å². The van der Waals surface area contributed by atoms with Crippen molar-refractivity contribution in [1.29, 1.82) is 0 Å². The maximum absolute atomic E-state index is 12.1. The molecule has 88 valence electrons. The molecule has 0 aliphatic carbocycles. The van der Waals surface area contributed by atoms with E-state index in [9.17, 15) is 4.79 Å². The highest BCUT2D eigenvalue weighted by molar-refractivity contribution is 5.92. The van der Waals surface area contributed by atoms with E-state index in [-0.39, 0.29) is 12.5 Å². The second kappa shape index (κ2) is 5.46. The van der Waals surface area contributed by atoms with E-state index >= 15 is 0 Å². The molecule has 0 aromatic carbocycles. The number of hydrogen-bond donors (Lipinski definition) is 1. The third-order valence-corrected chi connectivity index (χ3v) is 2.23. The summed E-state index contributed by atoms with van der Waals surface area (Å²) in [6.07, 6.45) is 1.64. The standard InChI is InChI=1S/C11H17N3O2/c1-4-5-14(6-7-15)11(16)10-8-9(2)12-13(10)3/h4,8,15H,1,5-7H2,2-3H3. The summed E-state index contributed by atoms with van der Waals surface area (Å²) in [7, 11) is 1.73. The van der Waals surface area contributed by atoms with Gasteiger partial charge in [0, 0.05) is 20.1 Å². The lowest BCUT2D eigenvalue weighted by atomic mass is 10.3. The van der Waals surface area contributed by atoms with Crippen LogP contribution in [0.5, 0.6) is 0 Å². The highest BCUT2D eigenvalue weighted by atomic mass is 16.3. The number of nitrogens with zero attached hydrogens (tertiary/aromatic N) is 3. The van der Waals surface area contributed by atoms with Crippen LogP contribution in [0.3, 0.4) is 0 Å². The van der Waals surface area contributed by atoms with Crippen LogP contribution in [0.4, 0.5) is 0 Å². The fourth-order valence-corrected chi connectivity index (χ4v) is 1.53. The first-order valence-corrected chi connectivity index (χ1v) is 5.11. The molecule has 16 heavy (non-hydrogen) atoms. The zero-order valence-corrected chi connectivity index (χ0v) is 9.68. The van der Waals surface area contributed by atoms with E-state index in [1.807, 2.05) is 6.92 Å². The molecule has 0 bridgehead atoms. The largest absolute Gasteiger partial charge is 0.395 e. The molecule has 1 N–H and O–H groups in total. The number of hydrogen-bond acceptors (Lipinski definition) is 3. The van der Waals surface area contributed by atoms with Gasteiger partial charge in [0.2, 0.25) is 0 Å². The first-order chi connectivity index (χ1) is 7.60. The Labute approximate surface area is 95.0 Å². The Morgan fingerprint density at radius 2 is 2.44 bits per heavy atom. The summed E-state index contributed by atoms with van der Waals surface area (Å²) in [5.41, 5.74) is 1.32. The number of aliphatic hydroxyl groups excluding tert-OH is 1. The summed E-state index contributed by atoms with van der Waals surface area (Å²) >= 11 is 0. The van der Waals surface area contributed by atoms with Crippen LogP contribution in [0.15, 0.2) is 18.7 Å². The molecule has 5 nitrogen and oxygen atoms in total. The number of carbonyl (C=O) groups is 1. The van der Waals surface area contributed by atoms with E-state index in [1.165, 1.54) is 4.90 Å². The minimum absolute atomic E-state index is 0.0591. The Kier molecular flexibility index (Phi) is 4.25. The number of aryl methyl sites for hydroxylation is 2. The molecule has 0 atom stereocenters. The van der Waals surface area contributed by atoms with E-state index in [2.05, 4.69) is 11.7 Å². The van der Waals surface area contributed by atoms with Crippen LogP contribution in [0.2, 0.25) is 0 Å². The predicted molar refractivity (Wildman–Crippen MR) is 61.1 cm³/mol. The molecule has 0 spiro atoms. The van der Waals surface area contributed by atoms with Crippen molar-refractivity contribution in [2.75, 3.05) is 19.7 Å². The molecular weight excluding hydrogens is 206 g/mol. The smallest absolute Gasteiger partial charge is 0.272 e. The Hall–Kier alpha value is -1.62. The van der Waals surface area contributed by atoms with Crippen molar-refractivity contribution in [3.8, 4) is 0 Å². The molecule has 0 radical (unpaired) electrons. The van der Waals surface area contributed by atoms with Crippen molar-refractivity contribution >= 4 is 5.91 Å². The van der Waals surface area contributed by atoms with E-state index in [4.69, 9.17) is 5.11 Å². The van der Waals surface area contributed by atoms with Crippen molar-refractivity contribution < 1.29 is 9.90 Å². The summed E-state index contributed by atoms with van der Waals surface area (Å²) < 4.78 is 1.55. The minimum atomic E-state index is -0.142. The zero-order chi connectivity index (χ0) is 12.1. The van der Waals surface area contributed by atoms with Gasteiger partial charge in [-0.15, -0.1) is 6.58 Å². The average Bonchev–Trinajstić information content (AvgIpc) is 2.56. The Balaban J connectivity index is 2.89. The van der Waals surface area contributed by atoms with Crippen molar-refractivity contribution in [2.24, 2.45) is 7.05 Å². The Morgan fingerprint density at radius 3 is 2.88 bits per heavy atom. The number of aliphatic hydroxyl groups is 1. The SMILES string of the molecule is C=CCN(CCO)C(=O)c1cc(C)nn1C. The van der Waals surface area contributed by atoms with E-state index in [0.717, 1.165) is 5.69 Å². The van der Waals surface area contributed by atoms with Crippen LogP contribution in [0, 0.1) is 6.92 Å². The van der Waals surface area contributed by atoms with Crippen LogP contribution in [0.1, 0.15) is 16.2 Å². The van der Waals surface area contributed by atoms with Gasteiger partial charge in [-0.05, 0) is 13.0 Å². The normalized spacial score (nSPS) is 10.2. The third-order valence-electron chi connectivity index (χ3n) is 2.23. The molecule has 1 heterocycles. The van der Waals surface area contributed by atoms with E-state index in [0.29, 0.717) is 18.8 Å². The Bertz CT molecular complexity index is 385. The van der Waals surface area contributed by atoms with Crippen LogP contribution in [-0.4, -0.2) is 45.4 Å². The van der Waals surface area contributed by atoms with Gasteiger partial charge in [-0.2, -0.15) is 5.10 Å². The molecule has 1 aromatic rings. The van der Waals surface area contributed by atoms with Crippen molar-refractivity contribution in [3.63, 3.8) is 0 Å². The maximum Gasteiger partial charge on any atom is 0.272 e. The van der Waals surface area contributed by atoms with Gasteiger partial charge >= 0.3 is 0 Å². The van der Waals surface area contributed by atoms with Gasteiger partial charge in [-0.1, -0.05) is 6.08 Å². The molecule has 0 fully saturated rings. The van der Waals surface area contributed by atoms with Gasteiger partial charge in [0.05, 0.1) is 12.3 Å². The second-order valence-electron chi connectivity index (χ2n) is 3.56. The number of aromatic nitrogens is 2. The molecule has 0 aliphatic rings. The molecule has 1 aromatic heterocycles. The molecule has 1 amide bonds. The maximum atomic E-state index is 12.1. The highest BCUT2D eigenvalue weighted by Crippen LogP contribution is 2.06. The van der Waals surface area contributed by atoms with Gasteiger partial charge in [0.15, 0.2) is 0 Å². The number of carbonyl (C=O) groups excluding carboxylic acids is 1. The van der Waals surface area contributed by atoms with E-state index in [1.54, 1.807) is 23.9 Å². The van der Waals surface area contributed by atoms with Crippen molar-refractivity contribution in [1.82, 2.24) is 14.7 Å². The summed E-state index contributed by atoms with van der Waals surface area (Å²) in [5.74, 6) is -0.142. The quantitative estimate of drug-likeness (QED) is 0.733. The lowest BCUT2D eigenvalue weighted by Crippen LogP contribution is -2.34. The first-order valence-electron chi connectivity index (χ1n) is 5.11. The van der Waals surface area contributed by atoms with Gasteiger partial charge in [-0.25, -0.2) is 0 Å². The Morgan fingerprint density at radius 1 is 1.75 bits per heavy atom.